The van der Waals surface area contributed by atoms with Crippen LogP contribution < -0.4 is 4.31 Å². The number of ether oxygens (including phenoxy) is 1. The van der Waals surface area contributed by atoms with Gasteiger partial charge in [-0.05, 0) is 49.4 Å². The first-order chi connectivity index (χ1) is 11.8. The molecule has 25 heavy (non-hydrogen) atoms. The van der Waals surface area contributed by atoms with Crippen molar-refractivity contribution in [3.05, 3.63) is 59.1 Å². The third kappa shape index (κ3) is 4.46. The molecule has 0 aliphatic heterocycles. The molecule has 0 saturated heterocycles. The quantitative estimate of drug-likeness (QED) is 0.710. The molecule has 0 aliphatic rings. The van der Waals surface area contributed by atoms with Crippen LogP contribution in [0.5, 0.6) is 0 Å². The van der Waals surface area contributed by atoms with Gasteiger partial charge in [0.15, 0.2) is 0 Å². The van der Waals surface area contributed by atoms with Crippen molar-refractivity contribution in [3.8, 4) is 0 Å². The maximum Gasteiger partial charge on any atom is 0.326 e. The zero-order valence-corrected chi connectivity index (χ0v) is 14.7. The number of hydrogen-bond acceptors (Lipinski definition) is 4. The minimum atomic E-state index is -4.32. The van der Waals surface area contributed by atoms with Gasteiger partial charge in [-0.2, -0.15) is 0 Å². The first-order valence-corrected chi connectivity index (χ1v) is 8.96. The summed E-state index contributed by atoms with van der Waals surface area (Å²) in [6, 6.07) is 7.28. The topological polar surface area (TPSA) is 63.7 Å². The molecule has 0 bridgehead atoms. The molecule has 2 aromatic carbocycles. The zero-order chi connectivity index (χ0) is 18.6. The molecule has 0 atom stereocenters. The van der Waals surface area contributed by atoms with Crippen LogP contribution in [0.1, 0.15) is 6.92 Å². The lowest BCUT2D eigenvalue weighted by Gasteiger charge is -2.24. The normalized spacial score (nSPS) is 11.2. The number of anilines is 1. The van der Waals surface area contributed by atoms with E-state index < -0.39 is 34.2 Å². The van der Waals surface area contributed by atoms with Crippen LogP contribution in [0.4, 0.5) is 14.5 Å². The van der Waals surface area contributed by atoms with Crippen molar-refractivity contribution < 1.29 is 26.7 Å². The first kappa shape index (κ1) is 19.1. The van der Waals surface area contributed by atoms with Crippen molar-refractivity contribution >= 4 is 33.3 Å². The average Bonchev–Trinajstić information content (AvgIpc) is 2.53. The van der Waals surface area contributed by atoms with Crippen LogP contribution in [-0.4, -0.2) is 27.5 Å². The van der Waals surface area contributed by atoms with Gasteiger partial charge in [0.05, 0.1) is 17.3 Å². The molecule has 0 heterocycles. The number of esters is 1. The second-order valence-electron chi connectivity index (χ2n) is 4.87. The summed E-state index contributed by atoms with van der Waals surface area (Å²) in [6.45, 7) is 0.994. The largest absolute Gasteiger partial charge is 0.465 e. The highest BCUT2D eigenvalue weighted by Crippen LogP contribution is 2.29. The van der Waals surface area contributed by atoms with Crippen molar-refractivity contribution in [1.29, 1.82) is 0 Å². The summed E-state index contributed by atoms with van der Waals surface area (Å²) in [5, 5.41) is -0.337. The van der Waals surface area contributed by atoms with Crippen molar-refractivity contribution in [2.75, 3.05) is 17.5 Å². The Bertz CT molecular complexity index is 872. The van der Waals surface area contributed by atoms with Gasteiger partial charge in [-0.3, -0.25) is 9.10 Å². The number of benzene rings is 2. The number of sulfonamides is 1. The molecule has 134 valence electrons. The van der Waals surface area contributed by atoms with E-state index in [1.54, 1.807) is 6.92 Å². The van der Waals surface area contributed by atoms with E-state index >= 15 is 0 Å². The minimum absolute atomic E-state index is 0.0369. The summed E-state index contributed by atoms with van der Waals surface area (Å²) in [5.74, 6) is -2.08. The lowest BCUT2D eigenvalue weighted by Crippen LogP contribution is -2.36. The van der Waals surface area contributed by atoms with Crippen molar-refractivity contribution in [2.24, 2.45) is 0 Å². The van der Waals surface area contributed by atoms with Crippen molar-refractivity contribution in [2.45, 2.75) is 11.8 Å². The van der Waals surface area contributed by atoms with E-state index in [4.69, 9.17) is 16.3 Å². The highest BCUT2D eigenvalue weighted by Gasteiger charge is 2.29. The van der Waals surface area contributed by atoms with Gasteiger partial charge in [0, 0.05) is 0 Å². The molecule has 0 radical (unpaired) electrons. The Morgan fingerprint density at radius 1 is 1.12 bits per heavy atom. The fourth-order valence-electron chi connectivity index (χ4n) is 2.05. The third-order valence-corrected chi connectivity index (χ3v) is 5.41. The van der Waals surface area contributed by atoms with Gasteiger partial charge in [0.2, 0.25) is 0 Å². The highest BCUT2D eigenvalue weighted by molar-refractivity contribution is 7.93. The number of nitrogens with zero attached hydrogens (tertiary/aromatic N) is 1. The van der Waals surface area contributed by atoms with Crippen molar-refractivity contribution in [3.63, 3.8) is 0 Å². The van der Waals surface area contributed by atoms with E-state index in [-0.39, 0.29) is 22.2 Å². The molecule has 0 unspecified atom stereocenters. The monoisotopic (exact) mass is 389 g/mol. The molecule has 5 nitrogen and oxygen atoms in total. The molecule has 2 aromatic rings. The van der Waals surface area contributed by atoms with Gasteiger partial charge >= 0.3 is 5.97 Å². The molecule has 0 fully saturated rings. The number of hydrogen-bond donors (Lipinski definition) is 0. The van der Waals surface area contributed by atoms with Crippen LogP contribution in [-0.2, 0) is 19.6 Å². The number of carbonyl (C=O) groups excluding carboxylic acids is 1. The Labute approximate surface area is 148 Å². The maximum atomic E-state index is 13.2. The average molecular weight is 390 g/mol. The minimum Gasteiger partial charge on any atom is -0.465 e. The molecule has 0 aromatic heterocycles. The van der Waals surface area contributed by atoms with Gasteiger partial charge in [0.1, 0.15) is 23.1 Å². The third-order valence-electron chi connectivity index (χ3n) is 3.15. The Morgan fingerprint density at radius 2 is 1.72 bits per heavy atom. The predicted molar refractivity (Wildman–Crippen MR) is 89.0 cm³/mol. The number of carbonyl (C=O) groups is 1. The van der Waals surface area contributed by atoms with Gasteiger partial charge in [0.25, 0.3) is 10.0 Å². The van der Waals surface area contributed by atoms with E-state index in [1.165, 1.54) is 12.1 Å². The predicted octanol–water partition coefficient (Wildman–Crippen LogP) is 3.38. The summed E-state index contributed by atoms with van der Waals surface area (Å²) in [6.07, 6.45) is 0. The van der Waals surface area contributed by atoms with Crippen LogP contribution in [0.2, 0.25) is 5.02 Å². The molecule has 0 N–H and O–H groups in total. The summed E-state index contributed by atoms with van der Waals surface area (Å²) in [7, 11) is -4.32. The number of rotatable bonds is 6. The Hall–Kier alpha value is -2.19. The Balaban J connectivity index is 2.52. The standard InChI is InChI=1S/C16H14ClF2NO4S/c1-2-24-16(21)10-20(13-6-3-11(18)4-7-13)25(22,23)15-8-5-12(19)9-14(15)17/h3-9H,2,10H2,1H3. The van der Waals surface area contributed by atoms with E-state index in [2.05, 4.69) is 0 Å². The summed E-state index contributed by atoms with van der Waals surface area (Å²) >= 11 is 5.85. The Morgan fingerprint density at radius 3 is 2.28 bits per heavy atom. The maximum absolute atomic E-state index is 13.2. The van der Waals surface area contributed by atoms with Gasteiger partial charge in [-0.1, -0.05) is 11.6 Å². The first-order valence-electron chi connectivity index (χ1n) is 7.14. The molecular weight excluding hydrogens is 376 g/mol. The fraction of sp³-hybridized carbons (Fsp3) is 0.188. The van der Waals surface area contributed by atoms with Crippen LogP contribution >= 0.6 is 11.6 Å². The zero-order valence-electron chi connectivity index (χ0n) is 13.1. The van der Waals surface area contributed by atoms with Crippen LogP contribution in [0, 0.1) is 11.6 Å². The lowest BCUT2D eigenvalue weighted by molar-refractivity contribution is -0.141. The number of halogens is 3. The van der Waals surface area contributed by atoms with Crippen LogP contribution in [0.3, 0.4) is 0 Å². The molecule has 0 aliphatic carbocycles. The van der Waals surface area contributed by atoms with Crippen LogP contribution in [0.25, 0.3) is 0 Å². The van der Waals surface area contributed by atoms with E-state index in [0.29, 0.717) is 0 Å². The summed E-state index contributed by atoms with van der Waals surface area (Å²) in [4.78, 5) is 11.4. The van der Waals surface area contributed by atoms with E-state index in [9.17, 15) is 22.0 Å². The van der Waals surface area contributed by atoms with Crippen LogP contribution in [0.15, 0.2) is 47.4 Å². The van der Waals surface area contributed by atoms with Crippen molar-refractivity contribution in [1.82, 2.24) is 0 Å². The molecule has 9 heteroatoms. The smallest absolute Gasteiger partial charge is 0.326 e. The van der Waals surface area contributed by atoms with Gasteiger partial charge < -0.3 is 4.74 Å². The SMILES string of the molecule is CCOC(=O)CN(c1ccc(F)cc1)S(=O)(=O)c1ccc(F)cc1Cl. The summed E-state index contributed by atoms with van der Waals surface area (Å²) in [5.41, 5.74) is 0.0369. The van der Waals surface area contributed by atoms with E-state index in [0.717, 1.165) is 34.6 Å². The van der Waals surface area contributed by atoms with E-state index in [1.807, 2.05) is 0 Å². The molecule has 0 amide bonds. The molecular formula is C16H14ClF2NO4S. The summed E-state index contributed by atoms with van der Waals surface area (Å²) < 4.78 is 57.7. The second-order valence-corrected chi connectivity index (χ2v) is 7.11. The lowest BCUT2D eigenvalue weighted by atomic mass is 10.3. The highest BCUT2D eigenvalue weighted by atomic mass is 35.5. The second kappa shape index (κ2) is 7.79. The van der Waals surface area contributed by atoms with Gasteiger partial charge in [-0.25, -0.2) is 17.2 Å². The fourth-order valence-corrected chi connectivity index (χ4v) is 3.97. The molecule has 0 spiro atoms. The van der Waals surface area contributed by atoms with Gasteiger partial charge in [-0.15, -0.1) is 0 Å². The molecule has 0 saturated carbocycles. The molecule has 2 rings (SSSR count). The Kier molecular flexibility index (Phi) is 5.97.